The second kappa shape index (κ2) is 6.43. The summed E-state index contributed by atoms with van der Waals surface area (Å²) >= 11 is 5.78. The summed E-state index contributed by atoms with van der Waals surface area (Å²) in [5.74, 6) is -0.959. The van der Waals surface area contributed by atoms with Crippen molar-refractivity contribution >= 4 is 29.2 Å². The van der Waals surface area contributed by atoms with Gasteiger partial charge in [-0.15, -0.1) is 0 Å². The van der Waals surface area contributed by atoms with Gasteiger partial charge in [0.05, 0.1) is 17.8 Å². The molecule has 104 valence electrons. The first-order valence-corrected chi connectivity index (χ1v) is 6.18. The van der Waals surface area contributed by atoms with Crippen LogP contribution in [0, 0.1) is 5.92 Å². The van der Waals surface area contributed by atoms with E-state index in [9.17, 15) is 9.59 Å². The predicted octanol–water partition coefficient (Wildman–Crippen LogP) is 1.85. The number of hydrogen-bond donors (Lipinski definition) is 2. The Balaban J connectivity index is 2.87. The smallest absolute Gasteiger partial charge is 0.328 e. The molecule has 19 heavy (non-hydrogen) atoms. The quantitative estimate of drug-likeness (QED) is 0.653. The van der Waals surface area contributed by atoms with Crippen LogP contribution in [0.1, 0.15) is 24.2 Å². The molecule has 1 atom stereocenters. The largest absolute Gasteiger partial charge is 0.467 e. The predicted molar refractivity (Wildman–Crippen MR) is 74.0 cm³/mol. The van der Waals surface area contributed by atoms with Crippen LogP contribution in [0.5, 0.6) is 0 Å². The van der Waals surface area contributed by atoms with E-state index in [0.717, 1.165) is 0 Å². The third-order valence-corrected chi connectivity index (χ3v) is 3.01. The molecule has 1 amide bonds. The normalized spacial score (nSPS) is 12.1. The number of methoxy groups -OCH3 is 1. The van der Waals surface area contributed by atoms with Gasteiger partial charge in [0.2, 0.25) is 0 Å². The van der Waals surface area contributed by atoms with Gasteiger partial charge in [0, 0.05) is 5.56 Å². The van der Waals surface area contributed by atoms with Gasteiger partial charge in [-0.2, -0.15) is 0 Å². The molecular weight excluding hydrogens is 268 g/mol. The number of rotatable bonds is 4. The third-order valence-electron chi connectivity index (χ3n) is 2.67. The van der Waals surface area contributed by atoms with E-state index in [1.165, 1.54) is 19.2 Å². The minimum absolute atomic E-state index is 0.0824. The molecule has 0 saturated heterocycles. The van der Waals surface area contributed by atoms with Gasteiger partial charge >= 0.3 is 5.97 Å². The Morgan fingerprint density at radius 2 is 2.00 bits per heavy atom. The Bertz CT molecular complexity index is 489. The molecule has 0 radical (unpaired) electrons. The molecule has 1 rings (SSSR count). The van der Waals surface area contributed by atoms with E-state index in [4.69, 9.17) is 17.3 Å². The van der Waals surface area contributed by atoms with Crippen LogP contribution < -0.4 is 11.1 Å². The first kappa shape index (κ1) is 15.3. The summed E-state index contributed by atoms with van der Waals surface area (Å²) in [6, 6.07) is 3.85. The lowest BCUT2D eigenvalue weighted by atomic mass is 10.0. The number of nitrogen functional groups attached to an aromatic ring is 1. The van der Waals surface area contributed by atoms with Crippen molar-refractivity contribution in [2.75, 3.05) is 12.8 Å². The van der Waals surface area contributed by atoms with Crippen molar-refractivity contribution in [1.29, 1.82) is 0 Å². The molecule has 0 bridgehead atoms. The van der Waals surface area contributed by atoms with Crippen molar-refractivity contribution in [3.8, 4) is 0 Å². The summed E-state index contributed by atoms with van der Waals surface area (Å²) in [5, 5.41) is 3.00. The maximum atomic E-state index is 12.0. The molecule has 0 spiro atoms. The lowest BCUT2D eigenvalue weighted by molar-refractivity contribution is -0.144. The van der Waals surface area contributed by atoms with Crippen molar-refractivity contribution in [3.05, 3.63) is 28.8 Å². The molecule has 5 nitrogen and oxygen atoms in total. The minimum Gasteiger partial charge on any atom is -0.467 e. The van der Waals surface area contributed by atoms with Crippen molar-refractivity contribution in [2.45, 2.75) is 19.9 Å². The zero-order valence-corrected chi connectivity index (χ0v) is 11.8. The molecule has 0 fully saturated rings. The number of nitrogens with one attached hydrogen (secondary N) is 1. The molecule has 0 saturated carbocycles. The maximum absolute atomic E-state index is 12.0. The number of amides is 1. The molecule has 0 heterocycles. The number of carbonyl (C=O) groups excluding carboxylic acids is 2. The van der Waals surface area contributed by atoms with Gasteiger partial charge < -0.3 is 15.8 Å². The van der Waals surface area contributed by atoms with Gasteiger partial charge in [-0.3, -0.25) is 4.79 Å². The molecule has 1 aromatic rings. The monoisotopic (exact) mass is 284 g/mol. The molecule has 0 aromatic heterocycles. The van der Waals surface area contributed by atoms with Crippen LogP contribution in [0.25, 0.3) is 0 Å². The fourth-order valence-electron chi connectivity index (χ4n) is 1.53. The zero-order chi connectivity index (χ0) is 14.6. The van der Waals surface area contributed by atoms with Crippen molar-refractivity contribution in [3.63, 3.8) is 0 Å². The summed E-state index contributed by atoms with van der Waals surface area (Å²) in [7, 11) is 1.28. The number of anilines is 1. The molecule has 0 unspecified atom stereocenters. The standard InChI is InChI=1S/C13H17ClN2O3/c1-7(2)11(13(18)19-3)16-12(17)8-4-5-9(14)10(15)6-8/h4-7,11H,15H2,1-3H3,(H,16,17)/t11-/m0/s1. The fourth-order valence-corrected chi connectivity index (χ4v) is 1.65. The molecule has 1 aromatic carbocycles. The summed E-state index contributed by atoms with van der Waals surface area (Å²) < 4.78 is 4.65. The number of hydrogen-bond acceptors (Lipinski definition) is 4. The number of nitrogens with two attached hydrogens (primary N) is 1. The number of halogens is 1. The van der Waals surface area contributed by atoms with E-state index in [-0.39, 0.29) is 5.92 Å². The lowest BCUT2D eigenvalue weighted by Crippen LogP contribution is -2.45. The molecular formula is C13H17ClN2O3. The first-order valence-electron chi connectivity index (χ1n) is 5.80. The Morgan fingerprint density at radius 3 is 2.47 bits per heavy atom. The van der Waals surface area contributed by atoms with Crippen LogP contribution in [0.15, 0.2) is 18.2 Å². The van der Waals surface area contributed by atoms with E-state index in [1.54, 1.807) is 6.07 Å². The van der Waals surface area contributed by atoms with Crippen LogP contribution in [-0.2, 0) is 9.53 Å². The van der Waals surface area contributed by atoms with E-state index < -0.39 is 17.9 Å². The average Bonchev–Trinajstić information content (AvgIpc) is 2.37. The molecule has 6 heteroatoms. The third kappa shape index (κ3) is 3.86. The van der Waals surface area contributed by atoms with Crippen LogP contribution in [0.4, 0.5) is 5.69 Å². The Hall–Kier alpha value is -1.75. The van der Waals surface area contributed by atoms with Gasteiger partial charge in [0.1, 0.15) is 6.04 Å². The summed E-state index contributed by atoms with van der Waals surface area (Å²) in [6.07, 6.45) is 0. The molecule has 0 aliphatic carbocycles. The number of esters is 1. The van der Waals surface area contributed by atoms with Gasteiger partial charge in [-0.05, 0) is 24.1 Å². The Morgan fingerprint density at radius 1 is 1.37 bits per heavy atom. The topological polar surface area (TPSA) is 81.4 Å². The second-order valence-corrected chi connectivity index (χ2v) is 4.86. The second-order valence-electron chi connectivity index (χ2n) is 4.45. The maximum Gasteiger partial charge on any atom is 0.328 e. The zero-order valence-electron chi connectivity index (χ0n) is 11.1. The number of benzene rings is 1. The lowest BCUT2D eigenvalue weighted by Gasteiger charge is -2.19. The van der Waals surface area contributed by atoms with Crippen molar-refractivity contribution in [1.82, 2.24) is 5.32 Å². The summed E-state index contributed by atoms with van der Waals surface area (Å²) in [4.78, 5) is 23.6. The highest BCUT2D eigenvalue weighted by atomic mass is 35.5. The minimum atomic E-state index is -0.700. The van der Waals surface area contributed by atoms with Crippen molar-refractivity contribution in [2.24, 2.45) is 5.92 Å². The van der Waals surface area contributed by atoms with Crippen molar-refractivity contribution < 1.29 is 14.3 Å². The van der Waals surface area contributed by atoms with Gasteiger partial charge in [-0.1, -0.05) is 25.4 Å². The summed E-state index contributed by atoms with van der Waals surface area (Å²) in [5.41, 5.74) is 6.29. The number of ether oxygens (including phenoxy) is 1. The van der Waals surface area contributed by atoms with E-state index in [1.807, 2.05) is 13.8 Å². The SMILES string of the molecule is COC(=O)[C@@H](NC(=O)c1ccc(Cl)c(N)c1)C(C)C. The average molecular weight is 285 g/mol. The highest BCUT2D eigenvalue weighted by molar-refractivity contribution is 6.33. The Labute approximate surface area is 117 Å². The van der Waals surface area contributed by atoms with Crippen LogP contribution in [0.3, 0.4) is 0 Å². The first-order chi connectivity index (χ1) is 8.86. The van der Waals surface area contributed by atoms with Gasteiger partial charge in [-0.25, -0.2) is 4.79 Å². The van der Waals surface area contributed by atoms with Gasteiger partial charge in [0.25, 0.3) is 5.91 Å². The molecule has 0 aliphatic rings. The summed E-state index contributed by atoms with van der Waals surface area (Å²) in [6.45, 7) is 3.64. The highest BCUT2D eigenvalue weighted by Crippen LogP contribution is 2.19. The van der Waals surface area contributed by atoms with E-state index in [0.29, 0.717) is 16.3 Å². The number of carbonyl (C=O) groups is 2. The highest BCUT2D eigenvalue weighted by Gasteiger charge is 2.25. The van der Waals surface area contributed by atoms with Crippen LogP contribution >= 0.6 is 11.6 Å². The van der Waals surface area contributed by atoms with E-state index >= 15 is 0 Å². The fraction of sp³-hybridized carbons (Fsp3) is 0.385. The van der Waals surface area contributed by atoms with Crippen LogP contribution in [0.2, 0.25) is 5.02 Å². The molecule has 3 N–H and O–H groups in total. The Kier molecular flexibility index (Phi) is 5.18. The van der Waals surface area contributed by atoms with E-state index in [2.05, 4.69) is 10.1 Å². The molecule has 0 aliphatic heterocycles. The van der Waals surface area contributed by atoms with Gasteiger partial charge in [0.15, 0.2) is 0 Å². The van der Waals surface area contributed by atoms with Crippen LogP contribution in [-0.4, -0.2) is 25.0 Å².